The molecule has 0 unspecified atom stereocenters. The Morgan fingerprint density at radius 2 is 2.09 bits per heavy atom. The topological polar surface area (TPSA) is 34.9 Å². The molecule has 1 aliphatic carbocycles. The van der Waals surface area contributed by atoms with E-state index >= 15 is 0 Å². The van der Waals surface area contributed by atoms with Crippen LogP contribution in [0.2, 0.25) is 0 Å². The quantitative estimate of drug-likeness (QED) is 0.492. The van der Waals surface area contributed by atoms with Gasteiger partial charge in [0.1, 0.15) is 4.83 Å². The van der Waals surface area contributed by atoms with Gasteiger partial charge in [-0.3, -0.25) is 9.36 Å². The third-order valence-corrected chi connectivity index (χ3v) is 6.11. The van der Waals surface area contributed by atoms with Crippen LogP contribution in [0.15, 0.2) is 45.7 Å². The molecule has 0 radical (unpaired) electrons. The van der Waals surface area contributed by atoms with Gasteiger partial charge >= 0.3 is 0 Å². The SMILES string of the molecule is CCCSc1nc2scc(C3CC3)c2c(=O)n1-c1ccccc1. The molecule has 0 bridgehead atoms. The van der Waals surface area contributed by atoms with Crippen LogP contribution >= 0.6 is 23.1 Å². The molecule has 1 aromatic carbocycles. The molecule has 1 aliphatic rings. The smallest absolute Gasteiger partial charge is 0.267 e. The number of hydrogen-bond acceptors (Lipinski definition) is 4. The minimum absolute atomic E-state index is 0.0861. The van der Waals surface area contributed by atoms with Crippen LogP contribution in [0.25, 0.3) is 15.9 Å². The maximum Gasteiger partial charge on any atom is 0.267 e. The summed E-state index contributed by atoms with van der Waals surface area (Å²) in [5, 5.41) is 3.78. The first-order chi connectivity index (χ1) is 11.3. The van der Waals surface area contributed by atoms with Crippen molar-refractivity contribution in [3.05, 3.63) is 51.6 Å². The van der Waals surface area contributed by atoms with Gasteiger partial charge in [0, 0.05) is 5.75 Å². The summed E-state index contributed by atoms with van der Waals surface area (Å²) in [7, 11) is 0. The van der Waals surface area contributed by atoms with E-state index in [1.54, 1.807) is 27.7 Å². The number of hydrogen-bond donors (Lipinski definition) is 0. The highest BCUT2D eigenvalue weighted by molar-refractivity contribution is 7.99. The lowest BCUT2D eigenvalue weighted by Crippen LogP contribution is -2.21. The second-order valence-electron chi connectivity index (χ2n) is 5.86. The lowest BCUT2D eigenvalue weighted by atomic mass is 10.1. The van der Waals surface area contributed by atoms with E-state index in [0.717, 1.165) is 33.2 Å². The molecule has 4 rings (SSSR count). The highest BCUT2D eigenvalue weighted by atomic mass is 32.2. The summed E-state index contributed by atoms with van der Waals surface area (Å²) in [6, 6.07) is 9.87. The Hall–Kier alpha value is -1.59. The third-order valence-electron chi connectivity index (χ3n) is 4.07. The average molecular weight is 342 g/mol. The minimum atomic E-state index is 0.0861. The van der Waals surface area contributed by atoms with Crippen LogP contribution < -0.4 is 5.56 Å². The van der Waals surface area contributed by atoms with Crippen LogP contribution in [0.1, 0.15) is 37.7 Å². The molecule has 0 aliphatic heterocycles. The van der Waals surface area contributed by atoms with E-state index in [9.17, 15) is 4.79 Å². The normalized spacial score (nSPS) is 14.5. The summed E-state index contributed by atoms with van der Waals surface area (Å²) in [6.45, 7) is 2.15. The Labute approximate surface area is 143 Å². The van der Waals surface area contributed by atoms with E-state index in [1.165, 1.54) is 18.4 Å². The Balaban J connectivity index is 1.97. The highest BCUT2D eigenvalue weighted by Crippen LogP contribution is 2.44. The maximum absolute atomic E-state index is 13.2. The number of thioether (sulfide) groups is 1. The fourth-order valence-electron chi connectivity index (χ4n) is 2.78. The van der Waals surface area contributed by atoms with E-state index < -0.39 is 0 Å². The molecule has 3 aromatic rings. The number of nitrogens with zero attached hydrogens (tertiary/aromatic N) is 2. The Kier molecular flexibility index (Phi) is 3.99. The molecule has 0 saturated heterocycles. The van der Waals surface area contributed by atoms with Crippen molar-refractivity contribution in [2.45, 2.75) is 37.3 Å². The second-order valence-corrected chi connectivity index (χ2v) is 7.78. The van der Waals surface area contributed by atoms with E-state index in [0.29, 0.717) is 5.92 Å². The summed E-state index contributed by atoms with van der Waals surface area (Å²) in [6.07, 6.45) is 3.46. The molecule has 0 atom stereocenters. The van der Waals surface area contributed by atoms with Crippen molar-refractivity contribution < 1.29 is 0 Å². The van der Waals surface area contributed by atoms with Crippen molar-refractivity contribution in [1.29, 1.82) is 0 Å². The predicted molar refractivity (Wildman–Crippen MR) is 98.2 cm³/mol. The monoisotopic (exact) mass is 342 g/mol. The largest absolute Gasteiger partial charge is 0.268 e. The van der Waals surface area contributed by atoms with Crippen LogP contribution in [-0.4, -0.2) is 15.3 Å². The van der Waals surface area contributed by atoms with Gasteiger partial charge in [-0.2, -0.15) is 0 Å². The molecule has 0 spiro atoms. The van der Waals surface area contributed by atoms with Gasteiger partial charge in [-0.05, 0) is 48.3 Å². The van der Waals surface area contributed by atoms with Gasteiger partial charge in [-0.15, -0.1) is 11.3 Å². The number of fused-ring (bicyclic) bond motifs is 1. The van der Waals surface area contributed by atoms with Gasteiger partial charge in [0.05, 0.1) is 11.1 Å². The average Bonchev–Trinajstić information content (AvgIpc) is 3.33. The van der Waals surface area contributed by atoms with Gasteiger partial charge in [0.25, 0.3) is 5.56 Å². The van der Waals surface area contributed by atoms with Gasteiger partial charge < -0.3 is 0 Å². The summed E-state index contributed by atoms with van der Waals surface area (Å²) in [5.41, 5.74) is 2.20. The lowest BCUT2D eigenvalue weighted by molar-refractivity contribution is 0.820. The Bertz CT molecular complexity index is 895. The van der Waals surface area contributed by atoms with Gasteiger partial charge in [0.15, 0.2) is 5.16 Å². The van der Waals surface area contributed by atoms with E-state index in [2.05, 4.69) is 12.3 Å². The second kappa shape index (κ2) is 6.13. The summed E-state index contributed by atoms with van der Waals surface area (Å²) in [5.74, 6) is 1.53. The highest BCUT2D eigenvalue weighted by Gasteiger charge is 2.29. The van der Waals surface area contributed by atoms with Crippen molar-refractivity contribution in [3.8, 4) is 5.69 Å². The van der Waals surface area contributed by atoms with E-state index in [4.69, 9.17) is 4.98 Å². The zero-order valence-corrected chi connectivity index (χ0v) is 14.6. The van der Waals surface area contributed by atoms with Gasteiger partial charge in [0.2, 0.25) is 0 Å². The van der Waals surface area contributed by atoms with Crippen LogP contribution in [0.3, 0.4) is 0 Å². The zero-order chi connectivity index (χ0) is 15.8. The molecule has 2 aromatic heterocycles. The number of aromatic nitrogens is 2. The first-order valence-electron chi connectivity index (χ1n) is 8.02. The summed E-state index contributed by atoms with van der Waals surface area (Å²) < 4.78 is 1.79. The summed E-state index contributed by atoms with van der Waals surface area (Å²) >= 11 is 3.27. The van der Waals surface area contributed by atoms with Crippen LogP contribution in [0.5, 0.6) is 0 Å². The molecule has 1 fully saturated rings. The third kappa shape index (κ3) is 2.72. The number of thiophene rings is 1. The van der Waals surface area contributed by atoms with Crippen molar-refractivity contribution in [2.24, 2.45) is 0 Å². The molecule has 2 heterocycles. The Morgan fingerprint density at radius 1 is 1.30 bits per heavy atom. The number of para-hydroxylation sites is 1. The molecule has 1 saturated carbocycles. The number of benzene rings is 1. The van der Waals surface area contributed by atoms with Crippen molar-refractivity contribution >= 4 is 33.3 Å². The summed E-state index contributed by atoms with van der Waals surface area (Å²) in [4.78, 5) is 19.0. The maximum atomic E-state index is 13.2. The molecule has 0 amide bonds. The molecule has 3 nitrogen and oxygen atoms in total. The van der Waals surface area contributed by atoms with Gasteiger partial charge in [-0.25, -0.2) is 4.98 Å². The fourth-order valence-corrected chi connectivity index (χ4v) is 4.71. The first kappa shape index (κ1) is 15.0. The van der Waals surface area contributed by atoms with Crippen molar-refractivity contribution in [1.82, 2.24) is 9.55 Å². The Morgan fingerprint density at radius 3 is 2.78 bits per heavy atom. The van der Waals surface area contributed by atoms with E-state index in [-0.39, 0.29) is 5.56 Å². The predicted octanol–water partition coefficient (Wildman–Crippen LogP) is 4.83. The number of rotatable bonds is 5. The molecule has 118 valence electrons. The lowest BCUT2D eigenvalue weighted by Gasteiger charge is -2.12. The zero-order valence-electron chi connectivity index (χ0n) is 13.0. The van der Waals surface area contributed by atoms with Crippen LogP contribution in [0, 0.1) is 0 Å². The van der Waals surface area contributed by atoms with Crippen molar-refractivity contribution in [2.75, 3.05) is 5.75 Å². The van der Waals surface area contributed by atoms with Crippen molar-refractivity contribution in [3.63, 3.8) is 0 Å². The molecular weight excluding hydrogens is 324 g/mol. The first-order valence-corrected chi connectivity index (χ1v) is 9.88. The van der Waals surface area contributed by atoms with Crippen LogP contribution in [-0.2, 0) is 0 Å². The minimum Gasteiger partial charge on any atom is -0.268 e. The van der Waals surface area contributed by atoms with Crippen LogP contribution in [0.4, 0.5) is 0 Å². The molecule has 23 heavy (non-hydrogen) atoms. The standard InChI is InChI=1S/C18H18N2OS2/c1-2-10-22-18-19-16-15(14(11-23-16)12-8-9-12)17(21)20(18)13-6-4-3-5-7-13/h3-7,11-12H,2,8-10H2,1H3. The van der Waals surface area contributed by atoms with E-state index in [1.807, 2.05) is 30.3 Å². The fraction of sp³-hybridized carbons (Fsp3) is 0.333. The molecule has 5 heteroatoms. The molecule has 0 N–H and O–H groups in total. The molecular formula is C18H18N2OS2. The van der Waals surface area contributed by atoms with Gasteiger partial charge in [-0.1, -0.05) is 36.9 Å².